The van der Waals surface area contributed by atoms with E-state index < -0.39 is 16.6 Å². The summed E-state index contributed by atoms with van der Waals surface area (Å²) in [5, 5.41) is 2.81. The van der Waals surface area contributed by atoms with Crippen molar-refractivity contribution in [1.82, 2.24) is 5.32 Å². The smallest absolute Gasteiger partial charge is 0.254 e. The number of amides is 1. The Hall–Kier alpha value is -1.23. The lowest BCUT2D eigenvalue weighted by molar-refractivity contribution is 0.0930. The molecule has 0 aromatic heterocycles. The van der Waals surface area contributed by atoms with Gasteiger partial charge in [-0.05, 0) is 31.4 Å². The zero-order valence-electron chi connectivity index (χ0n) is 10.2. The quantitative estimate of drug-likeness (QED) is 0.889. The highest BCUT2D eigenvalue weighted by molar-refractivity contribution is 7.85. The van der Waals surface area contributed by atoms with Crippen LogP contribution in [0.25, 0.3) is 0 Å². The van der Waals surface area contributed by atoms with Gasteiger partial charge >= 0.3 is 0 Å². The predicted molar refractivity (Wildman–Crippen MR) is 69.5 cm³/mol. The molecule has 98 valence electrons. The second kappa shape index (κ2) is 5.61. The summed E-state index contributed by atoms with van der Waals surface area (Å²) < 4.78 is 25.0. The van der Waals surface area contributed by atoms with Crippen LogP contribution in [0.1, 0.15) is 28.8 Å². The van der Waals surface area contributed by atoms with Gasteiger partial charge in [0.05, 0.1) is 5.56 Å². The van der Waals surface area contributed by atoms with Crippen molar-refractivity contribution >= 4 is 16.7 Å². The van der Waals surface area contributed by atoms with E-state index in [9.17, 15) is 13.4 Å². The Labute approximate surface area is 108 Å². The molecule has 1 aliphatic heterocycles. The average molecular weight is 269 g/mol. The van der Waals surface area contributed by atoms with Gasteiger partial charge in [0.15, 0.2) is 0 Å². The second-order valence-electron chi connectivity index (χ2n) is 4.53. The first-order chi connectivity index (χ1) is 8.58. The molecular formula is C13H16FNO2S. The molecule has 0 radical (unpaired) electrons. The Bertz CT molecular complexity index is 480. The Balaban J connectivity index is 2.03. The normalized spacial score (nSPS) is 23.7. The van der Waals surface area contributed by atoms with Gasteiger partial charge in [-0.3, -0.25) is 9.00 Å². The number of rotatable bonds is 2. The topological polar surface area (TPSA) is 46.2 Å². The molecule has 1 heterocycles. The third-order valence-electron chi connectivity index (χ3n) is 3.16. The lowest BCUT2D eigenvalue weighted by Gasteiger charge is -2.22. The molecule has 5 heteroatoms. The molecule has 1 aliphatic rings. The molecule has 0 unspecified atom stereocenters. The molecule has 1 N–H and O–H groups in total. The first kappa shape index (κ1) is 13.2. The molecule has 1 amide bonds. The van der Waals surface area contributed by atoms with Crippen molar-refractivity contribution in [3.8, 4) is 0 Å². The fourth-order valence-corrected chi connectivity index (χ4v) is 3.32. The molecular weight excluding hydrogens is 253 g/mol. The van der Waals surface area contributed by atoms with Crippen molar-refractivity contribution in [3.05, 3.63) is 35.1 Å². The molecule has 1 saturated heterocycles. The molecule has 1 aromatic rings. The molecule has 18 heavy (non-hydrogen) atoms. The maximum absolute atomic E-state index is 13.8. The summed E-state index contributed by atoms with van der Waals surface area (Å²) >= 11 is 0. The summed E-state index contributed by atoms with van der Waals surface area (Å²) in [5.41, 5.74) is 0.550. The average Bonchev–Trinajstić information content (AvgIpc) is 2.35. The van der Waals surface area contributed by atoms with E-state index in [1.54, 1.807) is 19.1 Å². The molecule has 3 nitrogen and oxygen atoms in total. The van der Waals surface area contributed by atoms with Crippen LogP contribution in [0.3, 0.4) is 0 Å². The summed E-state index contributed by atoms with van der Waals surface area (Å²) in [7, 11) is -0.754. The highest BCUT2D eigenvalue weighted by atomic mass is 32.2. The van der Waals surface area contributed by atoms with Crippen molar-refractivity contribution in [1.29, 1.82) is 0 Å². The van der Waals surface area contributed by atoms with Crippen LogP contribution < -0.4 is 5.32 Å². The maximum Gasteiger partial charge on any atom is 0.254 e. The van der Waals surface area contributed by atoms with Gasteiger partial charge in [-0.25, -0.2) is 4.39 Å². The van der Waals surface area contributed by atoms with E-state index in [4.69, 9.17) is 0 Å². The van der Waals surface area contributed by atoms with Crippen LogP contribution in [0, 0.1) is 12.7 Å². The molecule has 2 rings (SSSR count). The van der Waals surface area contributed by atoms with E-state index in [-0.39, 0.29) is 17.5 Å². The van der Waals surface area contributed by atoms with Gasteiger partial charge in [-0.1, -0.05) is 12.1 Å². The van der Waals surface area contributed by atoms with Crippen LogP contribution in [0.4, 0.5) is 4.39 Å². The van der Waals surface area contributed by atoms with Crippen molar-refractivity contribution in [3.63, 3.8) is 0 Å². The number of carbonyl (C=O) groups is 1. The van der Waals surface area contributed by atoms with E-state index in [2.05, 4.69) is 5.32 Å². The minimum atomic E-state index is -0.754. The fourth-order valence-electron chi connectivity index (χ4n) is 2.02. The van der Waals surface area contributed by atoms with Gasteiger partial charge < -0.3 is 5.32 Å². The first-order valence-electron chi connectivity index (χ1n) is 5.99. The summed E-state index contributed by atoms with van der Waals surface area (Å²) in [6.45, 7) is 1.63. The van der Waals surface area contributed by atoms with Gasteiger partial charge in [0.25, 0.3) is 5.91 Å². The molecule has 0 spiro atoms. The van der Waals surface area contributed by atoms with Crippen LogP contribution in [0.2, 0.25) is 0 Å². The van der Waals surface area contributed by atoms with E-state index in [1.165, 1.54) is 6.07 Å². The van der Waals surface area contributed by atoms with Crippen LogP contribution in [-0.4, -0.2) is 27.7 Å². The third-order valence-corrected chi connectivity index (χ3v) is 4.54. The number of aryl methyl sites for hydroxylation is 1. The van der Waals surface area contributed by atoms with E-state index in [0.29, 0.717) is 29.9 Å². The lowest BCUT2D eigenvalue weighted by atomic mass is 10.1. The van der Waals surface area contributed by atoms with E-state index >= 15 is 0 Å². The Kier molecular flexibility index (Phi) is 4.11. The van der Waals surface area contributed by atoms with Crippen LogP contribution >= 0.6 is 0 Å². The number of benzene rings is 1. The fraction of sp³-hybridized carbons (Fsp3) is 0.462. The number of halogens is 1. The summed E-state index contributed by atoms with van der Waals surface area (Å²) in [5.74, 6) is 0.380. The van der Waals surface area contributed by atoms with Gasteiger partial charge in [0, 0.05) is 28.3 Å². The first-order valence-corrected chi connectivity index (χ1v) is 7.47. The minimum Gasteiger partial charge on any atom is -0.349 e. The zero-order valence-corrected chi connectivity index (χ0v) is 11.1. The Morgan fingerprint density at radius 3 is 2.72 bits per heavy atom. The zero-order chi connectivity index (χ0) is 13.1. The molecule has 0 atom stereocenters. The van der Waals surface area contributed by atoms with E-state index in [0.717, 1.165) is 0 Å². The summed E-state index contributed by atoms with van der Waals surface area (Å²) in [6.07, 6.45) is 1.40. The summed E-state index contributed by atoms with van der Waals surface area (Å²) in [6, 6.07) is 4.80. The maximum atomic E-state index is 13.8. The molecule has 1 aromatic carbocycles. The standard InChI is InChI=1S/C13H16FNO2S/c1-9-3-2-4-11(12(9)14)13(16)15-10-5-7-18(17)8-6-10/h2-4,10H,5-8H2,1H3,(H,15,16). The van der Waals surface area contributed by atoms with Crippen LogP contribution in [0.15, 0.2) is 18.2 Å². The van der Waals surface area contributed by atoms with Crippen molar-refractivity contribution in [2.75, 3.05) is 11.5 Å². The van der Waals surface area contributed by atoms with Gasteiger partial charge in [0.1, 0.15) is 5.82 Å². The number of hydrogen-bond donors (Lipinski definition) is 1. The minimum absolute atomic E-state index is 0.00936. The second-order valence-corrected chi connectivity index (χ2v) is 6.23. The number of hydrogen-bond acceptors (Lipinski definition) is 2. The lowest BCUT2D eigenvalue weighted by Crippen LogP contribution is -2.39. The molecule has 1 fully saturated rings. The number of nitrogens with one attached hydrogen (secondary N) is 1. The third kappa shape index (κ3) is 2.96. The van der Waals surface area contributed by atoms with Gasteiger partial charge in [-0.15, -0.1) is 0 Å². The highest BCUT2D eigenvalue weighted by Crippen LogP contribution is 2.14. The Morgan fingerprint density at radius 2 is 2.06 bits per heavy atom. The van der Waals surface area contributed by atoms with Crippen molar-refractivity contribution < 1.29 is 13.4 Å². The number of carbonyl (C=O) groups excluding carboxylic acids is 1. The molecule has 0 bridgehead atoms. The van der Waals surface area contributed by atoms with Gasteiger partial charge in [0.2, 0.25) is 0 Å². The highest BCUT2D eigenvalue weighted by Gasteiger charge is 2.21. The van der Waals surface area contributed by atoms with Crippen molar-refractivity contribution in [2.45, 2.75) is 25.8 Å². The largest absolute Gasteiger partial charge is 0.349 e. The van der Waals surface area contributed by atoms with Crippen LogP contribution in [0.5, 0.6) is 0 Å². The van der Waals surface area contributed by atoms with Gasteiger partial charge in [-0.2, -0.15) is 0 Å². The molecule has 0 aliphatic carbocycles. The van der Waals surface area contributed by atoms with E-state index in [1.807, 2.05) is 0 Å². The Morgan fingerprint density at radius 1 is 1.39 bits per heavy atom. The molecule has 0 saturated carbocycles. The predicted octanol–water partition coefficient (Wildman–Crippen LogP) is 1.78. The summed E-state index contributed by atoms with van der Waals surface area (Å²) in [4.78, 5) is 11.9. The SMILES string of the molecule is Cc1cccc(C(=O)NC2CCS(=O)CC2)c1F. The van der Waals surface area contributed by atoms with Crippen LogP contribution in [-0.2, 0) is 10.8 Å². The van der Waals surface area contributed by atoms with Crippen molar-refractivity contribution in [2.24, 2.45) is 0 Å². The monoisotopic (exact) mass is 269 g/mol.